The van der Waals surface area contributed by atoms with Gasteiger partial charge in [-0.25, -0.2) is 4.98 Å². The summed E-state index contributed by atoms with van der Waals surface area (Å²) >= 11 is 1.71. The molecule has 1 heterocycles. The number of methoxy groups -OCH3 is 1. The lowest BCUT2D eigenvalue weighted by atomic mass is 10.2. The molecule has 0 spiro atoms. The van der Waals surface area contributed by atoms with Crippen LogP contribution >= 0.6 is 11.8 Å². The van der Waals surface area contributed by atoms with E-state index in [1.807, 2.05) is 12.3 Å². The topological polar surface area (TPSA) is 47.0 Å². The smallest absolute Gasteiger partial charge is 0.146 e. The van der Waals surface area contributed by atoms with Crippen LogP contribution in [0.25, 0.3) is 0 Å². The highest BCUT2D eigenvalue weighted by Gasteiger charge is 2.24. The molecule has 4 nitrogen and oxygen atoms in total. The van der Waals surface area contributed by atoms with Gasteiger partial charge in [-0.15, -0.1) is 11.8 Å². The Hall–Kier alpha value is -1.59. The largest absolute Gasteiger partial charge is 0.381 e. The van der Waals surface area contributed by atoms with Crippen molar-refractivity contribution in [2.24, 2.45) is 0 Å². The van der Waals surface area contributed by atoms with Crippen LogP contribution in [0.3, 0.4) is 0 Å². The number of hydrogen-bond donors (Lipinski definition) is 1. The standard InChI is InChI=1S/C17H21N3OS/c1-21-15-8-7-14(9-15)19-16-10-18-11-17(20-16)22-12-13-5-3-2-4-6-13/h2-6,10-11,14-15H,7-9,12H2,1H3,(H,19,20). The van der Waals surface area contributed by atoms with Crippen molar-refractivity contribution in [2.45, 2.75) is 42.2 Å². The molecule has 1 saturated carbocycles. The summed E-state index contributed by atoms with van der Waals surface area (Å²) in [6.07, 6.45) is 7.28. The van der Waals surface area contributed by atoms with Gasteiger partial charge >= 0.3 is 0 Å². The summed E-state index contributed by atoms with van der Waals surface area (Å²) in [5.74, 6) is 1.77. The van der Waals surface area contributed by atoms with E-state index in [0.717, 1.165) is 35.9 Å². The van der Waals surface area contributed by atoms with Gasteiger partial charge < -0.3 is 10.1 Å². The summed E-state index contributed by atoms with van der Waals surface area (Å²) < 4.78 is 5.41. The Morgan fingerprint density at radius 3 is 2.86 bits per heavy atom. The minimum atomic E-state index is 0.376. The highest BCUT2D eigenvalue weighted by atomic mass is 32.2. The minimum Gasteiger partial charge on any atom is -0.381 e. The summed E-state index contributed by atoms with van der Waals surface area (Å²) in [7, 11) is 1.79. The van der Waals surface area contributed by atoms with Crippen molar-refractivity contribution in [1.82, 2.24) is 9.97 Å². The van der Waals surface area contributed by atoms with Crippen molar-refractivity contribution in [2.75, 3.05) is 12.4 Å². The van der Waals surface area contributed by atoms with Crippen LogP contribution < -0.4 is 5.32 Å². The molecule has 1 aliphatic carbocycles. The van der Waals surface area contributed by atoms with Crippen molar-refractivity contribution < 1.29 is 4.74 Å². The first kappa shape index (κ1) is 15.3. The van der Waals surface area contributed by atoms with Crippen molar-refractivity contribution in [3.8, 4) is 0 Å². The van der Waals surface area contributed by atoms with E-state index in [1.165, 1.54) is 5.56 Å². The zero-order valence-corrected chi connectivity index (χ0v) is 13.6. The minimum absolute atomic E-state index is 0.376. The van der Waals surface area contributed by atoms with Gasteiger partial charge in [0, 0.05) is 18.9 Å². The van der Waals surface area contributed by atoms with Gasteiger partial charge in [0.1, 0.15) is 10.8 Å². The lowest BCUT2D eigenvalue weighted by molar-refractivity contribution is 0.108. The summed E-state index contributed by atoms with van der Waals surface area (Å²) in [4.78, 5) is 8.95. The second-order valence-electron chi connectivity index (χ2n) is 5.53. The van der Waals surface area contributed by atoms with Crippen molar-refractivity contribution in [1.29, 1.82) is 0 Å². The van der Waals surface area contributed by atoms with E-state index < -0.39 is 0 Å². The molecule has 22 heavy (non-hydrogen) atoms. The SMILES string of the molecule is COC1CCC(Nc2cncc(SCc3ccccc3)n2)C1. The molecule has 3 rings (SSSR count). The maximum absolute atomic E-state index is 5.41. The summed E-state index contributed by atoms with van der Waals surface area (Å²) in [6.45, 7) is 0. The van der Waals surface area contributed by atoms with Gasteiger partial charge in [0.25, 0.3) is 0 Å². The third kappa shape index (κ3) is 4.21. The van der Waals surface area contributed by atoms with Crippen molar-refractivity contribution in [3.05, 3.63) is 48.3 Å². The summed E-state index contributed by atoms with van der Waals surface area (Å²) in [5, 5.41) is 4.43. The fourth-order valence-corrected chi connectivity index (χ4v) is 3.52. The number of nitrogens with zero attached hydrogens (tertiary/aromatic N) is 2. The van der Waals surface area contributed by atoms with Crippen LogP contribution in [0.1, 0.15) is 24.8 Å². The molecule has 1 aromatic carbocycles. The molecule has 0 bridgehead atoms. The number of hydrogen-bond acceptors (Lipinski definition) is 5. The average Bonchev–Trinajstić information content (AvgIpc) is 3.02. The highest BCUT2D eigenvalue weighted by Crippen LogP contribution is 2.25. The molecule has 2 atom stereocenters. The normalized spacial score (nSPS) is 21.0. The van der Waals surface area contributed by atoms with Crippen molar-refractivity contribution in [3.63, 3.8) is 0 Å². The molecule has 1 N–H and O–H groups in total. The molecule has 0 saturated heterocycles. The van der Waals surface area contributed by atoms with Gasteiger partial charge in [-0.3, -0.25) is 4.98 Å². The number of thioether (sulfide) groups is 1. The van der Waals surface area contributed by atoms with Gasteiger partial charge in [0.05, 0.1) is 18.5 Å². The summed E-state index contributed by atoms with van der Waals surface area (Å²) in [5.41, 5.74) is 1.30. The van der Waals surface area contributed by atoms with Crippen LogP contribution in [0.5, 0.6) is 0 Å². The molecule has 1 aromatic heterocycles. The number of rotatable bonds is 6. The number of aromatic nitrogens is 2. The Kier molecular flexibility index (Phi) is 5.29. The molecular weight excluding hydrogens is 294 g/mol. The van der Waals surface area contributed by atoms with Crippen LogP contribution in [0, 0.1) is 0 Å². The maximum Gasteiger partial charge on any atom is 0.146 e. The average molecular weight is 315 g/mol. The lowest BCUT2D eigenvalue weighted by Gasteiger charge is -2.13. The first-order valence-electron chi connectivity index (χ1n) is 7.61. The Bertz CT molecular complexity index is 593. The molecule has 1 aliphatic rings. The van der Waals surface area contributed by atoms with E-state index in [0.29, 0.717) is 12.1 Å². The van der Waals surface area contributed by atoms with Crippen LogP contribution in [0.15, 0.2) is 47.8 Å². The van der Waals surface area contributed by atoms with E-state index >= 15 is 0 Å². The molecule has 0 amide bonds. The molecule has 116 valence electrons. The Balaban J connectivity index is 1.56. The fraction of sp³-hybridized carbons (Fsp3) is 0.412. The van der Waals surface area contributed by atoms with E-state index in [4.69, 9.17) is 4.74 Å². The Morgan fingerprint density at radius 1 is 1.23 bits per heavy atom. The highest BCUT2D eigenvalue weighted by molar-refractivity contribution is 7.98. The lowest BCUT2D eigenvalue weighted by Crippen LogP contribution is -2.18. The molecule has 5 heteroatoms. The number of benzene rings is 1. The molecule has 1 fully saturated rings. The third-order valence-corrected chi connectivity index (χ3v) is 4.88. The Labute approximate surface area is 135 Å². The van der Waals surface area contributed by atoms with Crippen LogP contribution in [0.2, 0.25) is 0 Å². The molecule has 2 aromatic rings. The second kappa shape index (κ2) is 7.61. The fourth-order valence-electron chi connectivity index (χ4n) is 2.71. The summed E-state index contributed by atoms with van der Waals surface area (Å²) in [6, 6.07) is 10.9. The van der Waals surface area contributed by atoms with Gasteiger partial charge in [-0.2, -0.15) is 0 Å². The maximum atomic E-state index is 5.41. The number of nitrogens with one attached hydrogen (secondary N) is 1. The predicted molar refractivity (Wildman–Crippen MR) is 90.1 cm³/mol. The van der Waals surface area contributed by atoms with E-state index in [-0.39, 0.29) is 0 Å². The van der Waals surface area contributed by atoms with Gasteiger partial charge in [-0.1, -0.05) is 30.3 Å². The van der Waals surface area contributed by atoms with Crippen LogP contribution in [-0.2, 0) is 10.5 Å². The molecule has 0 aliphatic heterocycles. The zero-order chi connectivity index (χ0) is 15.2. The molecular formula is C17H21N3OS. The van der Waals surface area contributed by atoms with E-state index in [1.54, 1.807) is 25.1 Å². The van der Waals surface area contributed by atoms with Gasteiger partial charge in [0.15, 0.2) is 0 Å². The van der Waals surface area contributed by atoms with Crippen LogP contribution in [-0.4, -0.2) is 29.2 Å². The second-order valence-corrected chi connectivity index (χ2v) is 6.52. The van der Waals surface area contributed by atoms with E-state index in [2.05, 4.69) is 39.6 Å². The quantitative estimate of drug-likeness (QED) is 0.823. The van der Waals surface area contributed by atoms with Crippen LogP contribution in [0.4, 0.5) is 5.82 Å². The molecule has 0 radical (unpaired) electrons. The van der Waals surface area contributed by atoms with E-state index in [9.17, 15) is 0 Å². The van der Waals surface area contributed by atoms with Gasteiger partial charge in [0.2, 0.25) is 0 Å². The number of ether oxygens (including phenoxy) is 1. The first-order valence-corrected chi connectivity index (χ1v) is 8.60. The predicted octanol–water partition coefficient (Wildman–Crippen LogP) is 3.75. The zero-order valence-electron chi connectivity index (χ0n) is 12.7. The Morgan fingerprint density at radius 2 is 2.09 bits per heavy atom. The van der Waals surface area contributed by atoms with Gasteiger partial charge in [-0.05, 0) is 24.8 Å². The number of anilines is 1. The molecule has 2 unspecified atom stereocenters. The van der Waals surface area contributed by atoms with Crippen molar-refractivity contribution >= 4 is 17.6 Å². The monoisotopic (exact) mass is 315 g/mol. The first-order chi connectivity index (χ1) is 10.8. The third-order valence-electron chi connectivity index (χ3n) is 3.91.